The summed E-state index contributed by atoms with van der Waals surface area (Å²) in [5.74, 6) is 0.562. The first-order valence-electron chi connectivity index (χ1n) is 8.23. The van der Waals surface area contributed by atoms with Crippen LogP contribution in [0.25, 0.3) is 0 Å². The Bertz CT molecular complexity index is 555. The number of aromatic nitrogens is 2. The zero-order valence-electron chi connectivity index (χ0n) is 13.4. The Balaban J connectivity index is 0.000000847. The third kappa shape index (κ3) is 4.20. The molecule has 1 saturated carbocycles. The summed E-state index contributed by atoms with van der Waals surface area (Å²) in [4.78, 5) is 11.9. The van der Waals surface area contributed by atoms with E-state index >= 15 is 0 Å². The molecule has 1 aromatic heterocycles. The number of nitrogens with one attached hydrogen (secondary N) is 2. The fraction of sp³-hybridized carbons (Fsp3) is 0.444. The van der Waals surface area contributed by atoms with Gasteiger partial charge < -0.3 is 5.32 Å². The van der Waals surface area contributed by atoms with Crippen molar-refractivity contribution in [3.05, 3.63) is 47.8 Å². The van der Waals surface area contributed by atoms with Crippen LogP contribution in [-0.4, -0.2) is 16.1 Å². The molecule has 2 aromatic rings. The van der Waals surface area contributed by atoms with Gasteiger partial charge in [0.2, 0.25) is 0 Å². The maximum absolute atomic E-state index is 11.9. The maximum Gasteiger partial charge on any atom is 0.258 e. The van der Waals surface area contributed by atoms with E-state index in [1.165, 1.54) is 43.9 Å². The fourth-order valence-corrected chi connectivity index (χ4v) is 2.85. The molecule has 118 valence electrons. The number of hydrogen-bond donors (Lipinski definition) is 2. The van der Waals surface area contributed by atoms with Crippen LogP contribution in [-0.2, 0) is 0 Å². The summed E-state index contributed by atoms with van der Waals surface area (Å²) in [6, 6.07) is 8.26. The minimum atomic E-state index is -0.135. The van der Waals surface area contributed by atoms with Crippen molar-refractivity contribution < 1.29 is 4.79 Å². The predicted molar refractivity (Wildman–Crippen MR) is 90.2 cm³/mol. The quantitative estimate of drug-likeness (QED) is 0.860. The minimum Gasteiger partial charge on any atom is -0.322 e. The van der Waals surface area contributed by atoms with Crippen LogP contribution >= 0.6 is 0 Å². The number of amides is 1. The number of carbonyl (C=O) groups excluding carboxylic acids is 1. The largest absolute Gasteiger partial charge is 0.322 e. The van der Waals surface area contributed by atoms with Gasteiger partial charge in [-0.1, -0.05) is 45.2 Å². The van der Waals surface area contributed by atoms with E-state index in [1.54, 1.807) is 6.20 Å². The number of hydrogen-bond acceptors (Lipinski definition) is 2. The number of nitrogens with zero attached hydrogens (tertiary/aromatic N) is 1. The van der Waals surface area contributed by atoms with Crippen molar-refractivity contribution in [1.29, 1.82) is 0 Å². The smallest absolute Gasteiger partial charge is 0.258 e. The first kappa shape index (κ1) is 16.3. The third-order valence-electron chi connectivity index (χ3n) is 4.01. The van der Waals surface area contributed by atoms with Crippen molar-refractivity contribution in [2.24, 2.45) is 0 Å². The molecule has 1 aliphatic rings. The van der Waals surface area contributed by atoms with E-state index < -0.39 is 0 Å². The van der Waals surface area contributed by atoms with Crippen LogP contribution < -0.4 is 5.32 Å². The number of benzene rings is 1. The van der Waals surface area contributed by atoms with Crippen molar-refractivity contribution in [2.75, 3.05) is 5.32 Å². The molecule has 1 heterocycles. The Kier molecular flexibility index (Phi) is 6.19. The van der Waals surface area contributed by atoms with Gasteiger partial charge in [-0.05, 0) is 36.5 Å². The minimum absolute atomic E-state index is 0.135. The van der Waals surface area contributed by atoms with Gasteiger partial charge in [0.1, 0.15) is 0 Å². The molecule has 0 unspecified atom stereocenters. The Labute approximate surface area is 132 Å². The van der Waals surface area contributed by atoms with Gasteiger partial charge in [-0.2, -0.15) is 5.10 Å². The molecular formula is C18H25N3O. The highest BCUT2D eigenvalue weighted by atomic mass is 16.1. The van der Waals surface area contributed by atoms with E-state index in [4.69, 9.17) is 0 Å². The summed E-state index contributed by atoms with van der Waals surface area (Å²) in [6.45, 7) is 4.00. The Morgan fingerprint density at radius 2 is 1.82 bits per heavy atom. The Morgan fingerprint density at radius 3 is 2.41 bits per heavy atom. The van der Waals surface area contributed by atoms with Crippen molar-refractivity contribution in [1.82, 2.24) is 10.2 Å². The lowest BCUT2D eigenvalue weighted by Crippen LogP contribution is -2.11. The van der Waals surface area contributed by atoms with E-state index in [9.17, 15) is 4.79 Å². The van der Waals surface area contributed by atoms with Crippen molar-refractivity contribution >= 4 is 11.6 Å². The lowest BCUT2D eigenvalue weighted by atomic mass is 9.84. The summed E-state index contributed by atoms with van der Waals surface area (Å²) in [5, 5.41) is 9.29. The zero-order valence-corrected chi connectivity index (χ0v) is 13.4. The monoisotopic (exact) mass is 299 g/mol. The number of rotatable bonds is 3. The van der Waals surface area contributed by atoms with Crippen LogP contribution in [0.2, 0.25) is 0 Å². The highest BCUT2D eigenvalue weighted by Gasteiger charge is 2.15. The average molecular weight is 299 g/mol. The lowest BCUT2D eigenvalue weighted by Gasteiger charge is -2.22. The number of aromatic amines is 1. The molecule has 1 aliphatic carbocycles. The zero-order chi connectivity index (χ0) is 15.8. The molecular weight excluding hydrogens is 274 g/mol. The molecule has 22 heavy (non-hydrogen) atoms. The van der Waals surface area contributed by atoms with E-state index in [1.807, 2.05) is 26.0 Å². The Hall–Kier alpha value is -2.10. The highest BCUT2D eigenvalue weighted by molar-refractivity contribution is 6.03. The average Bonchev–Trinajstić information content (AvgIpc) is 3.13. The fourth-order valence-electron chi connectivity index (χ4n) is 2.85. The molecule has 0 saturated heterocycles. The molecule has 3 rings (SSSR count). The van der Waals surface area contributed by atoms with Crippen LogP contribution in [0, 0.1) is 0 Å². The van der Waals surface area contributed by atoms with E-state index in [0.29, 0.717) is 11.5 Å². The summed E-state index contributed by atoms with van der Waals surface area (Å²) in [7, 11) is 0. The van der Waals surface area contributed by atoms with E-state index in [0.717, 1.165) is 5.69 Å². The molecule has 0 bridgehead atoms. The molecule has 2 N–H and O–H groups in total. The van der Waals surface area contributed by atoms with Crippen LogP contribution in [0.3, 0.4) is 0 Å². The molecule has 1 amide bonds. The van der Waals surface area contributed by atoms with Crippen LogP contribution in [0.1, 0.15) is 67.8 Å². The van der Waals surface area contributed by atoms with Crippen molar-refractivity contribution in [3.8, 4) is 0 Å². The van der Waals surface area contributed by atoms with Gasteiger partial charge in [-0.15, -0.1) is 0 Å². The normalized spacial score (nSPS) is 14.8. The molecule has 0 radical (unpaired) electrons. The van der Waals surface area contributed by atoms with Gasteiger partial charge in [0.05, 0.1) is 11.8 Å². The third-order valence-corrected chi connectivity index (χ3v) is 4.01. The van der Waals surface area contributed by atoms with E-state index in [-0.39, 0.29) is 5.91 Å². The summed E-state index contributed by atoms with van der Waals surface area (Å²) in [6.07, 6.45) is 9.74. The second-order valence-electron chi connectivity index (χ2n) is 5.40. The first-order valence-corrected chi connectivity index (χ1v) is 8.23. The number of anilines is 1. The highest BCUT2D eigenvalue weighted by Crippen LogP contribution is 2.32. The van der Waals surface area contributed by atoms with Gasteiger partial charge >= 0.3 is 0 Å². The molecule has 0 aliphatic heterocycles. The summed E-state index contributed by atoms with van der Waals surface area (Å²) >= 11 is 0. The predicted octanol–water partition coefficient (Wildman–Crippen LogP) is 4.74. The molecule has 4 nitrogen and oxygen atoms in total. The number of H-pyrrole nitrogens is 1. The van der Waals surface area contributed by atoms with Gasteiger partial charge in [-0.25, -0.2) is 0 Å². The molecule has 1 fully saturated rings. The number of carbonyl (C=O) groups is 1. The second kappa shape index (κ2) is 8.37. The standard InChI is InChI=1S/C16H19N3O.C2H6/c20-16(14-10-17-18-11-14)19-15-8-6-13(7-9-15)12-4-2-1-3-5-12;1-2/h6-12H,1-5H2,(H,17,18)(H,19,20);1-2H3. The second-order valence-corrected chi connectivity index (χ2v) is 5.40. The van der Waals surface area contributed by atoms with Gasteiger partial charge in [-0.3, -0.25) is 9.89 Å². The maximum atomic E-state index is 11.9. The summed E-state index contributed by atoms with van der Waals surface area (Å²) < 4.78 is 0. The Morgan fingerprint density at radius 1 is 1.14 bits per heavy atom. The lowest BCUT2D eigenvalue weighted by molar-refractivity contribution is 0.102. The molecule has 0 atom stereocenters. The van der Waals surface area contributed by atoms with Gasteiger partial charge in [0.15, 0.2) is 0 Å². The molecule has 0 spiro atoms. The topological polar surface area (TPSA) is 57.8 Å². The summed E-state index contributed by atoms with van der Waals surface area (Å²) in [5.41, 5.74) is 2.77. The first-order chi connectivity index (χ1) is 10.8. The molecule has 4 heteroatoms. The SMILES string of the molecule is CC.O=C(Nc1ccc(C2CCCCC2)cc1)c1cn[nH]c1. The molecule has 1 aromatic carbocycles. The van der Waals surface area contributed by atoms with Gasteiger partial charge in [0, 0.05) is 11.9 Å². The van der Waals surface area contributed by atoms with E-state index in [2.05, 4.69) is 27.6 Å². The van der Waals surface area contributed by atoms with Crippen molar-refractivity contribution in [2.45, 2.75) is 51.9 Å². The van der Waals surface area contributed by atoms with Gasteiger partial charge in [0.25, 0.3) is 5.91 Å². The van der Waals surface area contributed by atoms with Crippen LogP contribution in [0.5, 0.6) is 0 Å². The van der Waals surface area contributed by atoms with Crippen LogP contribution in [0.4, 0.5) is 5.69 Å². The van der Waals surface area contributed by atoms with Crippen LogP contribution in [0.15, 0.2) is 36.7 Å². The van der Waals surface area contributed by atoms with Crippen molar-refractivity contribution in [3.63, 3.8) is 0 Å².